The van der Waals surface area contributed by atoms with Crippen molar-refractivity contribution in [2.45, 2.75) is 32.6 Å². The first kappa shape index (κ1) is 20.3. The number of hydrogen-bond acceptors (Lipinski definition) is 5. The number of aryl methyl sites for hydroxylation is 1. The van der Waals surface area contributed by atoms with Crippen molar-refractivity contribution in [2.24, 2.45) is 0 Å². The Bertz CT molecular complexity index is 1180. The zero-order chi connectivity index (χ0) is 20.9. The number of benzene rings is 2. The molecule has 0 fully saturated rings. The van der Waals surface area contributed by atoms with Gasteiger partial charge in [0, 0.05) is 15.8 Å². The summed E-state index contributed by atoms with van der Waals surface area (Å²) in [4.78, 5) is 14.8. The van der Waals surface area contributed by atoms with Crippen molar-refractivity contribution in [1.82, 2.24) is 0 Å². The predicted octanol–water partition coefficient (Wildman–Crippen LogP) is 7.45. The molecular weight excluding hydrogens is 410 g/mol. The summed E-state index contributed by atoms with van der Waals surface area (Å²) in [6.45, 7) is 2.21. The van der Waals surface area contributed by atoms with Crippen LogP contribution in [0.3, 0.4) is 0 Å². The van der Waals surface area contributed by atoms with Crippen LogP contribution < -0.4 is 4.74 Å². The Morgan fingerprint density at radius 1 is 1.03 bits per heavy atom. The fourth-order valence-electron chi connectivity index (χ4n) is 3.33. The highest BCUT2D eigenvalue weighted by atomic mass is 32.2. The minimum atomic E-state index is -0.336. The molecule has 2 heterocycles. The molecule has 4 rings (SSSR count). The topological polar surface area (TPSA) is 50.1 Å². The Hall–Kier alpha value is -2.94. The van der Waals surface area contributed by atoms with E-state index in [0.717, 1.165) is 22.9 Å². The average Bonchev–Trinajstić information content (AvgIpc) is 3.33. The highest BCUT2D eigenvalue weighted by Gasteiger charge is 2.17. The van der Waals surface area contributed by atoms with E-state index >= 15 is 0 Å². The number of carbonyl (C=O) groups is 1. The SMILES string of the molecule is CCCCCc1cc2cc(C(=O)Oc3ccccc3-c3ccc(C#N)cc3)sc2s1. The number of hydrogen-bond donors (Lipinski definition) is 0. The lowest BCUT2D eigenvalue weighted by atomic mass is 10.0. The van der Waals surface area contributed by atoms with Gasteiger partial charge in [0.2, 0.25) is 0 Å². The van der Waals surface area contributed by atoms with E-state index in [4.69, 9.17) is 10.00 Å². The lowest BCUT2D eigenvalue weighted by Gasteiger charge is -2.09. The summed E-state index contributed by atoms with van der Waals surface area (Å²) >= 11 is 3.28. The van der Waals surface area contributed by atoms with Gasteiger partial charge in [0.15, 0.2) is 0 Å². The van der Waals surface area contributed by atoms with E-state index in [0.29, 0.717) is 16.2 Å². The molecule has 0 N–H and O–H groups in total. The molecule has 0 aliphatic rings. The molecule has 3 nitrogen and oxygen atoms in total. The molecule has 0 bridgehead atoms. The van der Waals surface area contributed by atoms with Gasteiger partial charge in [-0.1, -0.05) is 50.1 Å². The zero-order valence-electron chi connectivity index (χ0n) is 16.7. The summed E-state index contributed by atoms with van der Waals surface area (Å²) < 4.78 is 6.94. The average molecular weight is 432 g/mol. The van der Waals surface area contributed by atoms with Gasteiger partial charge in [-0.15, -0.1) is 22.7 Å². The standard InChI is InChI=1S/C25H21NO2S2/c1-2-3-4-7-20-14-19-15-23(30-25(19)29-20)24(27)28-22-9-6-5-8-21(22)18-12-10-17(16-26)11-13-18/h5-6,8-15H,2-4,7H2,1H3. The largest absolute Gasteiger partial charge is 0.422 e. The fourth-order valence-corrected chi connectivity index (χ4v) is 5.74. The number of unbranched alkanes of at least 4 members (excludes halogenated alkanes) is 2. The molecule has 0 spiro atoms. The summed E-state index contributed by atoms with van der Waals surface area (Å²) in [5, 5.41) is 10.1. The maximum Gasteiger partial charge on any atom is 0.353 e. The number of thiophene rings is 2. The number of carbonyl (C=O) groups excluding carboxylic acids is 1. The smallest absolute Gasteiger partial charge is 0.353 e. The van der Waals surface area contributed by atoms with E-state index in [2.05, 4.69) is 19.1 Å². The van der Waals surface area contributed by atoms with Gasteiger partial charge in [0.25, 0.3) is 0 Å². The predicted molar refractivity (Wildman–Crippen MR) is 124 cm³/mol. The van der Waals surface area contributed by atoms with E-state index in [-0.39, 0.29) is 5.97 Å². The van der Waals surface area contributed by atoms with E-state index < -0.39 is 0 Å². The molecule has 5 heteroatoms. The summed E-state index contributed by atoms with van der Waals surface area (Å²) in [6, 6.07) is 21.0. The first-order chi connectivity index (χ1) is 14.7. The Balaban J connectivity index is 1.52. The summed E-state index contributed by atoms with van der Waals surface area (Å²) in [5.41, 5.74) is 2.33. The lowest BCUT2D eigenvalue weighted by molar-refractivity contribution is 0.0741. The van der Waals surface area contributed by atoms with E-state index in [1.165, 1.54) is 39.5 Å². The van der Waals surface area contributed by atoms with E-state index in [1.807, 2.05) is 36.4 Å². The summed E-state index contributed by atoms with van der Waals surface area (Å²) in [6.07, 6.45) is 4.80. The minimum absolute atomic E-state index is 0.336. The van der Waals surface area contributed by atoms with Crippen LogP contribution in [0.25, 0.3) is 20.5 Å². The molecule has 0 amide bonds. The first-order valence-electron chi connectivity index (χ1n) is 10.0. The second-order valence-electron chi connectivity index (χ2n) is 7.10. The Labute approximate surface area is 184 Å². The summed E-state index contributed by atoms with van der Waals surface area (Å²) in [5.74, 6) is 0.182. The molecule has 0 radical (unpaired) electrons. The quantitative estimate of drug-likeness (QED) is 0.173. The van der Waals surface area contributed by atoms with Gasteiger partial charge in [-0.3, -0.25) is 0 Å². The minimum Gasteiger partial charge on any atom is -0.422 e. The second-order valence-corrected chi connectivity index (χ2v) is 9.55. The van der Waals surface area contributed by atoms with Crippen molar-refractivity contribution in [3.05, 3.63) is 76.0 Å². The van der Waals surface area contributed by atoms with Gasteiger partial charge in [-0.2, -0.15) is 5.26 Å². The van der Waals surface area contributed by atoms with Gasteiger partial charge in [-0.25, -0.2) is 4.79 Å². The lowest BCUT2D eigenvalue weighted by Crippen LogP contribution is -2.07. The molecule has 0 atom stereocenters. The highest BCUT2D eigenvalue weighted by molar-refractivity contribution is 7.39. The molecule has 0 aliphatic heterocycles. The van der Waals surface area contributed by atoms with Crippen LogP contribution in [0.15, 0.2) is 60.7 Å². The molecule has 0 saturated heterocycles. The van der Waals surface area contributed by atoms with Crippen LogP contribution >= 0.6 is 22.7 Å². The molecular formula is C25H21NO2S2. The number of nitrogens with zero attached hydrogens (tertiary/aromatic N) is 1. The van der Waals surface area contributed by atoms with Crippen LogP contribution in [0.2, 0.25) is 0 Å². The van der Waals surface area contributed by atoms with Crippen molar-refractivity contribution < 1.29 is 9.53 Å². The number of rotatable bonds is 7. The maximum absolute atomic E-state index is 12.8. The van der Waals surface area contributed by atoms with Crippen LogP contribution in [0.5, 0.6) is 5.75 Å². The fraction of sp³-hybridized carbons (Fsp3) is 0.200. The number of fused-ring (bicyclic) bond motifs is 1. The van der Waals surface area contributed by atoms with Gasteiger partial charge < -0.3 is 4.74 Å². The van der Waals surface area contributed by atoms with Crippen molar-refractivity contribution in [3.8, 4) is 22.9 Å². The Morgan fingerprint density at radius 2 is 1.83 bits per heavy atom. The zero-order valence-corrected chi connectivity index (χ0v) is 18.3. The van der Waals surface area contributed by atoms with Crippen LogP contribution in [0.4, 0.5) is 0 Å². The second kappa shape index (κ2) is 9.25. The third-order valence-corrected chi connectivity index (χ3v) is 7.34. The molecule has 2 aromatic carbocycles. The molecule has 0 aliphatic carbocycles. The normalized spacial score (nSPS) is 10.8. The van der Waals surface area contributed by atoms with Crippen LogP contribution in [0.1, 0.15) is 46.3 Å². The van der Waals surface area contributed by atoms with Crippen molar-refractivity contribution in [2.75, 3.05) is 0 Å². The number of esters is 1. The van der Waals surface area contributed by atoms with Gasteiger partial charge in [0.1, 0.15) is 10.6 Å². The molecule has 150 valence electrons. The van der Waals surface area contributed by atoms with Crippen LogP contribution in [-0.2, 0) is 6.42 Å². The van der Waals surface area contributed by atoms with Crippen LogP contribution in [-0.4, -0.2) is 5.97 Å². The van der Waals surface area contributed by atoms with Crippen molar-refractivity contribution >= 4 is 38.0 Å². The summed E-state index contributed by atoms with van der Waals surface area (Å²) in [7, 11) is 0. The molecule has 4 aromatic rings. The van der Waals surface area contributed by atoms with Crippen LogP contribution in [0, 0.1) is 11.3 Å². The molecule has 0 saturated carbocycles. The van der Waals surface area contributed by atoms with E-state index in [9.17, 15) is 4.79 Å². The van der Waals surface area contributed by atoms with Crippen molar-refractivity contribution in [1.29, 1.82) is 5.26 Å². The number of nitriles is 1. The highest BCUT2D eigenvalue weighted by Crippen LogP contribution is 2.36. The molecule has 2 aromatic heterocycles. The third-order valence-electron chi connectivity index (χ3n) is 4.91. The van der Waals surface area contributed by atoms with Gasteiger partial charge in [0.05, 0.1) is 15.6 Å². The number of ether oxygens (including phenoxy) is 1. The maximum atomic E-state index is 12.8. The Kier molecular flexibility index (Phi) is 6.27. The first-order valence-corrected chi connectivity index (χ1v) is 11.6. The van der Waals surface area contributed by atoms with Gasteiger partial charge in [-0.05, 0) is 48.7 Å². The third kappa shape index (κ3) is 4.46. The van der Waals surface area contributed by atoms with E-state index in [1.54, 1.807) is 29.5 Å². The molecule has 0 unspecified atom stereocenters. The molecule has 30 heavy (non-hydrogen) atoms. The monoisotopic (exact) mass is 431 g/mol. The van der Waals surface area contributed by atoms with Crippen molar-refractivity contribution in [3.63, 3.8) is 0 Å². The van der Waals surface area contributed by atoms with Gasteiger partial charge >= 0.3 is 5.97 Å². The number of para-hydroxylation sites is 1. The Morgan fingerprint density at radius 3 is 2.57 bits per heavy atom.